The summed E-state index contributed by atoms with van der Waals surface area (Å²) in [5.74, 6) is -0.245. The van der Waals surface area contributed by atoms with Gasteiger partial charge in [0.2, 0.25) is 0 Å². The molecule has 0 aliphatic heterocycles. The molecule has 0 heterocycles. The number of ketones is 2. The summed E-state index contributed by atoms with van der Waals surface area (Å²) in [6, 6.07) is 0. The molecule has 1 unspecified atom stereocenters. The normalized spacial score (nSPS) is 23.3. The first kappa shape index (κ1) is 9.65. The number of carbonyl (C=O) groups is 2. The van der Waals surface area contributed by atoms with Crippen LogP contribution in [-0.4, -0.2) is 11.6 Å². The van der Waals surface area contributed by atoms with Crippen molar-refractivity contribution in [1.29, 1.82) is 0 Å². The van der Waals surface area contributed by atoms with Crippen molar-refractivity contribution in [2.24, 2.45) is 5.92 Å². The molecular formula is C11H12O2. The monoisotopic (exact) mass is 176 g/mol. The fourth-order valence-corrected chi connectivity index (χ4v) is 1.46. The Labute approximate surface area is 77.6 Å². The second-order valence-electron chi connectivity index (χ2n) is 3.13. The highest BCUT2D eigenvalue weighted by Crippen LogP contribution is 2.24. The van der Waals surface area contributed by atoms with Crippen LogP contribution < -0.4 is 0 Å². The highest BCUT2D eigenvalue weighted by molar-refractivity contribution is 6.15. The highest BCUT2D eigenvalue weighted by Gasteiger charge is 2.28. The Hall–Kier alpha value is -1.44. The fourth-order valence-electron chi connectivity index (χ4n) is 1.46. The zero-order valence-corrected chi connectivity index (χ0v) is 7.67. The first-order valence-corrected chi connectivity index (χ1v) is 4.18. The van der Waals surface area contributed by atoms with Crippen LogP contribution in [0.2, 0.25) is 0 Å². The molecule has 1 atom stereocenters. The van der Waals surface area contributed by atoms with E-state index in [2.05, 4.69) is 13.2 Å². The average Bonchev–Trinajstić information content (AvgIpc) is 2.10. The van der Waals surface area contributed by atoms with Gasteiger partial charge in [0.1, 0.15) is 0 Å². The van der Waals surface area contributed by atoms with Crippen LogP contribution in [-0.2, 0) is 9.59 Å². The Balaban J connectivity index is 3.28. The first-order valence-electron chi connectivity index (χ1n) is 4.18. The van der Waals surface area contributed by atoms with Crippen LogP contribution in [0.1, 0.15) is 13.3 Å². The third kappa shape index (κ3) is 1.52. The van der Waals surface area contributed by atoms with Crippen LogP contribution in [0.5, 0.6) is 0 Å². The minimum atomic E-state index is -0.218. The van der Waals surface area contributed by atoms with Gasteiger partial charge in [0.05, 0.1) is 0 Å². The predicted molar refractivity (Wildman–Crippen MR) is 51.2 cm³/mol. The lowest BCUT2D eigenvalue weighted by Gasteiger charge is -2.18. The van der Waals surface area contributed by atoms with E-state index in [1.807, 2.05) is 0 Å². The van der Waals surface area contributed by atoms with Gasteiger partial charge in [-0.3, -0.25) is 9.59 Å². The topological polar surface area (TPSA) is 34.1 Å². The van der Waals surface area contributed by atoms with Crippen molar-refractivity contribution in [2.45, 2.75) is 13.3 Å². The Morgan fingerprint density at radius 3 is 2.23 bits per heavy atom. The molecule has 2 nitrogen and oxygen atoms in total. The van der Waals surface area contributed by atoms with E-state index in [-0.39, 0.29) is 23.9 Å². The SMILES string of the molecule is C=CC1=C(C=C)C(=O)C(C)CC1=O. The Morgan fingerprint density at radius 1 is 1.23 bits per heavy atom. The largest absolute Gasteiger partial charge is 0.294 e. The quantitative estimate of drug-likeness (QED) is 0.643. The molecule has 0 radical (unpaired) electrons. The van der Waals surface area contributed by atoms with Crippen molar-refractivity contribution in [3.8, 4) is 0 Å². The Morgan fingerprint density at radius 2 is 1.77 bits per heavy atom. The van der Waals surface area contributed by atoms with E-state index in [1.165, 1.54) is 12.2 Å². The molecule has 0 saturated heterocycles. The molecule has 1 aliphatic carbocycles. The van der Waals surface area contributed by atoms with Crippen molar-refractivity contribution < 1.29 is 9.59 Å². The molecule has 1 rings (SSSR count). The number of Topliss-reactive ketones (excluding diaryl/α,β-unsaturated/α-hetero) is 2. The fraction of sp³-hybridized carbons (Fsp3) is 0.273. The molecule has 13 heavy (non-hydrogen) atoms. The lowest BCUT2D eigenvalue weighted by Crippen LogP contribution is -2.25. The van der Waals surface area contributed by atoms with E-state index >= 15 is 0 Å². The molecule has 0 saturated carbocycles. The molecule has 2 heteroatoms. The summed E-state index contributed by atoms with van der Waals surface area (Å²) in [5.41, 5.74) is 0.830. The third-order valence-electron chi connectivity index (χ3n) is 2.20. The van der Waals surface area contributed by atoms with E-state index in [1.54, 1.807) is 6.92 Å². The van der Waals surface area contributed by atoms with E-state index in [9.17, 15) is 9.59 Å². The Bertz CT molecular complexity index is 321. The van der Waals surface area contributed by atoms with Gasteiger partial charge in [0.15, 0.2) is 11.6 Å². The molecule has 0 aromatic rings. The summed E-state index contributed by atoms with van der Waals surface area (Å²) >= 11 is 0. The van der Waals surface area contributed by atoms with Gasteiger partial charge in [-0.1, -0.05) is 32.2 Å². The van der Waals surface area contributed by atoms with Crippen LogP contribution in [0.3, 0.4) is 0 Å². The van der Waals surface area contributed by atoms with Crippen molar-refractivity contribution >= 4 is 11.6 Å². The van der Waals surface area contributed by atoms with E-state index in [0.29, 0.717) is 11.1 Å². The summed E-state index contributed by atoms with van der Waals surface area (Å²) in [4.78, 5) is 23.0. The molecule has 68 valence electrons. The molecule has 0 fully saturated rings. The van der Waals surface area contributed by atoms with Crippen molar-refractivity contribution in [2.75, 3.05) is 0 Å². The maximum absolute atomic E-state index is 11.5. The zero-order valence-electron chi connectivity index (χ0n) is 7.67. The second-order valence-corrected chi connectivity index (χ2v) is 3.13. The van der Waals surface area contributed by atoms with Gasteiger partial charge in [-0.25, -0.2) is 0 Å². The zero-order chi connectivity index (χ0) is 10.0. The van der Waals surface area contributed by atoms with Gasteiger partial charge < -0.3 is 0 Å². The number of hydrogen-bond donors (Lipinski definition) is 0. The summed E-state index contributed by atoms with van der Waals surface area (Å²) < 4.78 is 0. The Kier molecular flexibility index (Phi) is 2.61. The number of hydrogen-bond acceptors (Lipinski definition) is 2. The van der Waals surface area contributed by atoms with Gasteiger partial charge in [-0.05, 0) is 0 Å². The average molecular weight is 176 g/mol. The minimum absolute atomic E-state index is 0.00972. The summed E-state index contributed by atoms with van der Waals surface area (Å²) in [7, 11) is 0. The smallest absolute Gasteiger partial charge is 0.166 e. The number of allylic oxidation sites excluding steroid dienone is 4. The maximum atomic E-state index is 11.5. The van der Waals surface area contributed by atoms with Gasteiger partial charge >= 0.3 is 0 Å². The number of rotatable bonds is 2. The van der Waals surface area contributed by atoms with Crippen molar-refractivity contribution in [3.05, 3.63) is 36.5 Å². The number of carbonyl (C=O) groups excluding carboxylic acids is 2. The van der Waals surface area contributed by atoms with Crippen LogP contribution in [0, 0.1) is 5.92 Å². The summed E-state index contributed by atoms with van der Waals surface area (Å²) in [6.07, 6.45) is 3.16. The minimum Gasteiger partial charge on any atom is -0.294 e. The van der Waals surface area contributed by atoms with Crippen LogP contribution in [0.4, 0.5) is 0 Å². The molecule has 1 aliphatic rings. The van der Waals surface area contributed by atoms with Gasteiger partial charge in [0.25, 0.3) is 0 Å². The molecular weight excluding hydrogens is 164 g/mol. The van der Waals surface area contributed by atoms with Crippen molar-refractivity contribution in [1.82, 2.24) is 0 Å². The van der Waals surface area contributed by atoms with E-state index in [4.69, 9.17) is 0 Å². The maximum Gasteiger partial charge on any atom is 0.166 e. The lowest BCUT2D eigenvalue weighted by atomic mass is 9.83. The van der Waals surface area contributed by atoms with E-state index < -0.39 is 0 Å². The molecule has 0 N–H and O–H groups in total. The van der Waals surface area contributed by atoms with Gasteiger partial charge in [-0.2, -0.15) is 0 Å². The molecule has 0 spiro atoms. The molecule has 0 aromatic heterocycles. The first-order chi connectivity index (χ1) is 6.11. The molecule has 0 amide bonds. The van der Waals surface area contributed by atoms with Gasteiger partial charge in [-0.15, -0.1) is 0 Å². The van der Waals surface area contributed by atoms with Crippen LogP contribution >= 0.6 is 0 Å². The second kappa shape index (κ2) is 3.52. The summed E-state index contributed by atoms with van der Waals surface area (Å²) in [6.45, 7) is 8.79. The standard InChI is InChI=1S/C11H12O2/c1-4-8-9(5-2)11(13)7(3)6-10(8)12/h4-5,7H,1-2,6H2,3H3. The molecule has 0 aromatic carbocycles. The van der Waals surface area contributed by atoms with Crippen LogP contribution in [0.15, 0.2) is 36.5 Å². The van der Waals surface area contributed by atoms with Gasteiger partial charge in [0, 0.05) is 23.5 Å². The highest BCUT2D eigenvalue weighted by atomic mass is 16.1. The lowest BCUT2D eigenvalue weighted by molar-refractivity contribution is -0.125. The summed E-state index contributed by atoms with van der Waals surface area (Å²) in [5, 5.41) is 0. The van der Waals surface area contributed by atoms with Crippen molar-refractivity contribution in [3.63, 3.8) is 0 Å². The van der Waals surface area contributed by atoms with Crippen LogP contribution in [0.25, 0.3) is 0 Å². The van der Waals surface area contributed by atoms with E-state index in [0.717, 1.165) is 0 Å². The molecule has 0 bridgehead atoms. The third-order valence-corrected chi connectivity index (χ3v) is 2.20. The predicted octanol–water partition coefficient (Wildman–Crippen LogP) is 1.83.